The monoisotopic (exact) mass is 365 g/mol. The number of halogens is 3. The van der Waals surface area contributed by atoms with Crippen LogP contribution in [0.4, 0.5) is 13.2 Å². The summed E-state index contributed by atoms with van der Waals surface area (Å²) >= 11 is 0. The largest absolute Gasteiger partial charge is 0.356 e. The Morgan fingerprint density at radius 3 is 2.54 bits per heavy atom. The van der Waals surface area contributed by atoms with E-state index in [0.29, 0.717) is 11.5 Å². The van der Waals surface area contributed by atoms with E-state index in [1.165, 1.54) is 12.1 Å². The molecule has 2 rings (SSSR count). The summed E-state index contributed by atoms with van der Waals surface area (Å²) < 4.78 is 46.5. The summed E-state index contributed by atoms with van der Waals surface area (Å²) in [7, 11) is 0. The standard InChI is InChI=1S/C21H26F3NO/c1-2-3-4-5-16-6-8-17(9-7-16)13-21(23,24)26-15-18-10-11-19(14-25)20(22)12-18/h2-3,10-12,16-17H,4-9,13,15H2,1H3. The van der Waals surface area contributed by atoms with Crippen molar-refractivity contribution in [1.29, 1.82) is 5.26 Å². The first-order chi connectivity index (χ1) is 12.4. The van der Waals surface area contributed by atoms with Crippen LogP contribution in [0.25, 0.3) is 0 Å². The predicted molar refractivity (Wildman–Crippen MR) is 95.0 cm³/mol. The van der Waals surface area contributed by atoms with Gasteiger partial charge in [0.2, 0.25) is 0 Å². The van der Waals surface area contributed by atoms with Gasteiger partial charge in [0.15, 0.2) is 0 Å². The number of nitrogens with zero attached hydrogens (tertiary/aromatic N) is 1. The van der Waals surface area contributed by atoms with Crippen molar-refractivity contribution in [2.24, 2.45) is 11.8 Å². The molecule has 0 bridgehead atoms. The van der Waals surface area contributed by atoms with Gasteiger partial charge in [-0.2, -0.15) is 14.0 Å². The topological polar surface area (TPSA) is 33.0 Å². The maximum absolute atomic E-state index is 14.1. The van der Waals surface area contributed by atoms with Gasteiger partial charge in [-0.1, -0.05) is 31.1 Å². The third-order valence-corrected chi connectivity index (χ3v) is 5.07. The van der Waals surface area contributed by atoms with Gasteiger partial charge in [0, 0.05) is 6.42 Å². The lowest BCUT2D eigenvalue weighted by molar-refractivity contribution is -0.256. The van der Waals surface area contributed by atoms with E-state index < -0.39 is 11.9 Å². The minimum atomic E-state index is -3.22. The zero-order valence-electron chi connectivity index (χ0n) is 15.2. The molecule has 1 aliphatic carbocycles. The van der Waals surface area contributed by atoms with E-state index in [1.54, 1.807) is 6.07 Å². The van der Waals surface area contributed by atoms with Crippen molar-refractivity contribution in [2.45, 2.75) is 64.6 Å². The molecular formula is C21H26F3NO. The number of rotatable bonds is 8. The van der Waals surface area contributed by atoms with Gasteiger partial charge in [0.25, 0.3) is 0 Å². The normalized spacial score (nSPS) is 21.0. The molecule has 1 aliphatic rings. The molecule has 0 saturated heterocycles. The van der Waals surface area contributed by atoms with Gasteiger partial charge in [-0.05, 0) is 62.1 Å². The molecule has 1 aromatic rings. The Bertz CT molecular complexity index is 643. The van der Waals surface area contributed by atoms with Gasteiger partial charge in [-0.3, -0.25) is 0 Å². The lowest BCUT2D eigenvalue weighted by Crippen LogP contribution is -2.27. The highest BCUT2D eigenvalue weighted by Gasteiger charge is 2.35. The second kappa shape index (κ2) is 9.78. The molecule has 0 aromatic heterocycles. The smallest absolute Gasteiger partial charge is 0.316 e. The summed E-state index contributed by atoms with van der Waals surface area (Å²) in [5.41, 5.74) is 0.195. The minimum Gasteiger partial charge on any atom is -0.316 e. The fourth-order valence-corrected chi connectivity index (χ4v) is 3.55. The highest BCUT2D eigenvalue weighted by atomic mass is 19.3. The number of benzene rings is 1. The Labute approximate surface area is 153 Å². The molecule has 0 aliphatic heterocycles. The van der Waals surface area contributed by atoms with Crippen molar-refractivity contribution in [1.82, 2.24) is 0 Å². The highest BCUT2D eigenvalue weighted by molar-refractivity contribution is 5.33. The first-order valence-electron chi connectivity index (χ1n) is 9.25. The lowest BCUT2D eigenvalue weighted by atomic mass is 9.78. The van der Waals surface area contributed by atoms with Crippen molar-refractivity contribution in [3.8, 4) is 6.07 Å². The van der Waals surface area contributed by atoms with Crippen LogP contribution in [-0.2, 0) is 11.3 Å². The van der Waals surface area contributed by atoms with E-state index in [0.717, 1.165) is 44.6 Å². The summed E-state index contributed by atoms with van der Waals surface area (Å²) in [5, 5.41) is 8.69. The fraction of sp³-hybridized carbons (Fsp3) is 0.571. The molecule has 0 unspecified atom stereocenters. The number of hydrogen-bond acceptors (Lipinski definition) is 2. The Morgan fingerprint density at radius 1 is 1.23 bits per heavy atom. The Kier molecular flexibility index (Phi) is 7.71. The van der Waals surface area contributed by atoms with Crippen LogP contribution in [0.1, 0.15) is 63.0 Å². The third-order valence-electron chi connectivity index (χ3n) is 5.07. The second-order valence-corrected chi connectivity index (χ2v) is 7.09. The van der Waals surface area contributed by atoms with Crippen LogP contribution in [0, 0.1) is 29.0 Å². The quantitative estimate of drug-likeness (QED) is 0.502. The number of alkyl halides is 2. The number of nitriles is 1. The molecule has 1 fully saturated rings. The number of allylic oxidation sites excluding steroid dienone is 2. The zero-order chi connectivity index (χ0) is 19.0. The van der Waals surface area contributed by atoms with Crippen LogP contribution in [0.5, 0.6) is 0 Å². The van der Waals surface area contributed by atoms with E-state index in [-0.39, 0.29) is 24.5 Å². The van der Waals surface area contributed by atoms with E-state index in [2.05, 4.69) is 6.08 Å². The van der Waals surface area contributed by atoms with Crippen molar-refractivity contribution in [3.63, 3.8) is 0 Å². The molecule has 1 aromatic carbocycles. The minimum absolute atomic E-state index is 0.0272. The second-order valence-electron chi connectivity index (χ2n) is 7.09. The van der Waals surface area contributed by atoms with Crippen LogP contribution >= 0.6 is 0 Å². The SMILES string of the molecule is CC=CCCC1CCC(CC(F)(F)OCc2ccc(C#N)c(F)c2)CC1. The van der Waals surface area contributed by atoms with Crippen LogP contribution in [-0.4, -0.2) is 6.11 Å². The molecular weight excluding hydrogens is 339 g/mol. The summed E-state index contributed by atoms with van der Waals surface area (Å²) in [4.78, 5) is 0. The Hall–Kier alpha value is -1.80. The first kappa shape index (κ1) is 20.5. The molecule has 0 heterocycles. The molecule has 0 spiro atoms. The number of hydrogen-bond donors (Lipinski definition) is 0. The van der Waals surface area contributed by atoms with Crippen molar-refractivity contribution >= 4 is 0 Å². The van der Waals surface area contributed by atoms with Crippen molar-refractivity contribution < 1.29 is 17.9 Å². The van der Waals surface area contributed by atoms with Gasteiger partial charge in [0.05, 0.1) is 12.2 Å². The highest BCUT2D eigenvalue weighted by Crippen LogP contribution is 2.38. The zero-order valence-corrected chi connectivity index (χ0v) is 15.2. The van der Waals surface area contributed by atoms with Gasteiger partial charge >= 0.3 is 6.11 Å². The van der Waals surface area contributed by atoms with Crippen LogP contribution in [0.15, 0.2) is 30.4 Å². The molecule has 1 saturated carbocycles. The molecule has 142 valence electrons. The number of ether oxygens (including phenoxy) is 1. The van der Waals surface area contributed by atoms with E-state index in [1.807, 2.05) is 13.0 Å². The maximum atomic E-state index is 14.1. The molecule has 5 heteroatoms. The summed E-state index contributed by atoms with van der Waals surface area (Å²) in [6, 6.07) is 5.49. The van der Waals surface area contributed by atoms with Gasteiger partial charge in [-0.15, -0.1) is 0 Å². The van der Waals surface area contributed by atoms with E-state index in [4.69, 9.17) is 10.00 Å². The first-order valence-corrected chi connectivity index (χ1v) is 9.25. The summed E-state index contributed by atoms with van der Waals surface area (Å²) in [6.45, 7) is 1.64. The van der Waals surface area contributed by atoms with Crippen LogP contribution < -0.4 is 0 Å². The molecule has 0 amide bonds. The molecule has 0 atom stereocenters. The average molecular weight is 365 g/mol. The van der Waals surface area contributed by atoms with Gasteiger partial charge in [0.1, 0.15) is 11.9 Å². The Morgan fingerprint density at radius 2 is 1.92 bits per heavy atom. The summed E-state index contributed by atoms with van der Waals surface area (Å²) in [5.74, 6) is -0.104. The van der Waals surface area contributed by atoms with Crippen LogP contribution in [0.3, 0.4) is 0 Å². The van der Waals surface area contributed by atoms with Gasteiger partial charge in [-0.25, -0.2) is 4.39 Å². The predicted octanol–water partition coefficient (Wildman–Crippen LogP) is 6.36. The Balaban J connectivity index is 1.77. The van der Waals surface area contributed by atoms with Crippen molar-refractivity contribution in [2.75, 3.05) is 0 Å². The van der Waals surface area contributed by atoms with Crippen LogP contribution in [0.2, 0.25) is 0 Å². The molecule has 0 N–H and O–H groups in total. The molecule has 2 nitrogen and oxygen atoms in total. The average Bonchev–Trinajstić information content (AvgIpc) is 2.62. The maximum Gasteiger partial charge on any atom is 0.356 e. The lowest BCUT2D eigenvalue weighted by Gasteiger charge is -2.30. The van der Waals surface area contributed by atoms with Crippen molar-refractivity contribution in [3.05, 3.63) is 47.3 Å². The fourth-order valence-electron chi connectivity index (χ4n) is 3.55. The molecule has 0 radical (unpaired) electrons. The molecule has 26 heavy (non-hydrogen) atoms. The third kappa shape index (κ3) is 6.49. The van der Waals surface area contributed by atoms with E-state index >= 15 is 0 Å². The van der Waals surface area contributed by atoms with E-state index in [9.17, 15) is 13.2 Å². The van der Waals surface area contributed by atoms with Gasteiger partial charge < -0.3 is 4.74 Å². The summed E-state index contributed by atoms with van der Waals surface area (Å²) in [6.07, 6.45) is 6.51.